The van der Waals surface area contributed by atoms with E-state index in [2.05, 4.69) is 0 Å². The van der Waals surface area contributed by atoms with Gasteiger partial charge in [-0.15, -0.1) is 0 Å². The molecule has 0 radical (unpaired) electrons. The van der Waals surface area contributed by atoms with E-state index in [1.165, 1.54) is 18.2 Å². The molecule has 0 heterocycles. The zero-order chi connectivity index (χ0) is 10.1. The minimum Gasteiger partial charge on any atom is -0.478 e. The van der Waals surface area contributed by atoms with Gasteiger partial charge < -0.3 is 5.11 Å². The Kier molecular flexibility index (Phi) is 1.93. The molecule has 0 spiro atoms. The van der Waals surface area contributed by atoms with Crippen molar-refractivity contribution >= 4 is 16.7 Å². The van der Waals surface area contributed by atoms with Crippen LogP contribution in [-0.4, -0.2) is 11.1 Å². The van der Waals surface area contributed by atoms with Gasteiger partial charge in [0.15, 0.2) is 0 Å². The molecule has 0 bridgehead atoms. The Morgan fingerprint density at radius 2 is 2.00 bits per heavy atom. The molecule has 0 amide bonds. The summed E-state index contributed by atoms with van der Waals surface area (Å²) in [6.07, 6.45) is 0. The number of carboxylic acid groups (broad SMARTS) is 1. The smallest absolute Gasteiger partial charge is 0.335 e. The maximum atomic E-state index is 13.2. The lowest BCUT2D eigenvalue weighted by molar-refractivity contribution is 0.0697. The van der Waals surface area contributed by atoms with Crippen LogP contribution in [0.2, 0.25) is 0 Å². The fraction of sp³-hybridized carbons (Fsp3) is 0. The Labute approximate surface area is 79.6 Å². The molecule has 14 heavy (non-hydrogen) atoms. The summed E-state index contributed by atoms with van der Waals surface area (Å²) in [5, 5.41) is 9.76. The molecule has 0 aliphatic heterocycles. The largest absolute Gasteiger partial charge is 0.478 e. The Bertz CT molecular complexity index is 506. The Morgan fingerprint density at radius 3 is 2.71 bits per heavy atom. The average Bonchev–Trinajstić information content (AvgIpc) is 2.18. The van der Waals surface area contributed by atoms with Gasteiger partial charge in [0.05, 0.1) is 5.56 Å². The van der Waals surface area contributed by atoms with E-state index in [0.29, 0.717) is 10.8 Å². The van der Waals surface area contributed by atoms with Crippen LogP contribution in [0.1, 0.15) is 10.4 Å². The Morgan fingerprint density at radius 1 is 1.21 bits per heavy atom. The fourth-order valence-corrected chi connectivity index (χ4v) is 1.37. The number of aromatic carboxylic acids is 1. The molecule has 3 heteroatoms. The van der Waals surface area contributed by atoms with Gasteiger partial charge in [-0.25, -0.2) is 9.18 Å². The van der Waals surface area contributed by atoms with Gasteiger partial charge in [-0.1, -0.05) is 18.2 Å². The van der Waals surface area contributed by atoms with Gasteiger partial charge in [-0.2, -0.15) is 0 Å². The zero-order valence-corrected chi connectivity index (χ0v) is 7.20. The number of rotatable bonds is 1. The maximum absolute atomic E-state index is 13.2. The van der Waals surface area contributed by atoms with Crippen LogP contribution in [0.25, 0.3) is 10.8 Å². The van der Waals surface area contributed by atoms with Gasteiger partial charge in [-0.3, -0.25) is 0 Å². The summed E-state index contributed by atoms with van der Waals surface area (Å²) in [6.45, 7) is 0. The molecule has 70 valence electrons. The van der Waals surface area contributed by atoms with E-state index in [0.717, 1.165) is 0 Å². The predicted octanol–water partition coefficient (Wildman–Crippen LogP) is 2.68. The van der Waals surface area contributed by atoms with Gasteiger partial charge in [-0.05, 0) is 23.6 Å². The van der Waals surface area contributed by atoms with Crippen molar-refractivity contribution in [3.05, 3.63) is 47.8 Å². The summed E-state index contributed by atoms with van der Waals surface area (Å²) < 4.78 is 13.2. The number of benzene rings is 2. The summed E-state index contributed by atoms with van der Waals surface area (Å²) in [6, 6.07) is 9.05. The molecule has 1 N–H and O–H groups in total. The van der Waals surface area contributed by atoms with Crippen LogP contribution in [0, 0.1) is 5.82 Å². The van der Waals surface area contributed by atoms with E-state index in [4.69, 9.17) is 5.11 Å². The second kappa shape index (κ2) is 3.10. The molecule has 0 aliphatic carbocycles. The van der Waals surface area contributed by atoms with Crippen LogP contribution in [0.5, 0.6) is 0 Å². The van der Waals surface area contributed by atoms with Crippen LogP contribution >= 0.6 is 0 Å². The van der Waals surface area contributed by atoms with Crippen molar-refractivity contribution in [2.24, 2.45) is 0 Å². The molecule has 2 rings (SSSR count). The number of fused-ring (bicyclic) bond motifs is 1. The molecule has 0 fully saturated rings. The number of carboxylic acids is 1. The monoisotopic (exact) mass is 190 g/mol. The topological polar surface area (TPSA) is 37.3 Å². The average molecular weight is 190 g/mol. The fourth-order valence-electron chi connectivity index (χ4n) is 1.37. The van der Waals surface area contributed by atoms with Crippen molar-refractivity contribution in [1.82, 2.24) is 0 Å². The van der Waals surface area contributed by atoms with Crippen molar-refractivity contribution < 1.29 is 14.3 Å². The van der Waals surface area contributed by atoms with Gasteiger partial charge in [0, 0.05) is 5.39 Å². The van der Waals surface area contributed by atoms with Crippen LogP contribution in [0.3, 0.4) is 0 Å². The van der Waals surface area contributed by atoms with Crippen molar-refractivity contribution in [2.75, 3.05) is 0 Å². The lowest BCUT2D eigenvalue weighted by Gasteiger charge is -2.00. The second-order valence-electron chi connectivity index (χ2n) is 2.98. The van der Waals surface area contributed by atoms with Crippen LogP contribution in [0.4, 0.5) is 4.39 Å². The predicted molar refractivity (Wildman–Crippen MR) is 50.9 cm³/mol. The quantitative estimate of drug-likeness (QED) is 0.750. The minimum absolute atomic E-state index is 0.0996. The van der Waals surface area contributed by atoms with Crippen LogP contribution in [-0.2, 0) is 0 Å². The molecule has 0 aromatic heterocycles. The SMILES string of the molecule is O=C(O)c1ccc2cccc(F)c2c1. The summed E-state index contributed by atoms with van der Waals surface area (Å²) in [4.78, 5) is 10.6. The molecule has 0 saturated heterocycles. The normalized spacial score (nSPS) is 10.4. The number of hydrogen-bond donors (Lipinski definition) is 1. The summed E-state index contributed by atoms with van der Waals surface area (Å²) in [5.41, 5.74) is 0.0996. The molecule has 0 aliphatic rings. The highest BCUT2D eigenvalue weighted by Gasteiger charge is 2.05. The summed E-state index contributed by atoms with van der Waals surface area (Å²) in [7, 11) is 0. The van der Waals surface area contributed by atoms with E-state index >= 15 is 0 Å². The second-order valence-corrected chi connectivity index (χ2v) is 2.98. The first-order chi connectivity index (χ1) is 6.68. The zero-order valence-electron chi connectivity index (χ0n) is 7.20. The first-order valence-corrected chi connectivity index (χ1v) is 4.10. The van der Waals surface area contributed by atoms with E-state index < -0.39 is 11.8 Å². The molecule has 0 atom stereocenters. The highest BCUT2D eigenvalue weighted by molar-refractivity contribution is 5.94. The van der Waals surface area contributed by atoms with Gasteiger partial charge >= 0.3 is 5.97 Å². The van der Waals surface area contributed by atoms with Crippen molar-refractivity contribution in [3.63, 3.8) is 0 Å². The van der Waals surface area contributed by atoms with E-state index in [1.807, 2.05) is 0 Å². The Balaban J connectivity index is 2.76. The van der Waals surface area contributed by atoms with Gasteiger partial charge in [0.1, 0.15) is 5.82 Å². The van der Waals surface area contributed by atoms with Crippen LogP contribution < -0.4 is 0 Å². The van der Waals surface area contributed by atoms with Gasteiger partial charge in [0.25, 0.3) is 0 Å². The van der Waals surface area contributed by atoms with E-state index in [-0.39, 0.29) is 5.56 Å². The summed E-state index contributed by atoms with van der Waals surface area (Å²) in [5.74, 6) is -1.44. The third kappa shape index (κ3) is 1.33. The van der Waals surface area contributed by atoms with E-state index in [9.17, 15) is 9.18 Å². The molecule has 2 nitrogen and oxygen atoms in total. The number of hydrogen-bond acceptors (Lipinski definition) is 1. The third-order valence-electron chi connectivity index (χ3n) is 2.08. The first kappa shape index (κ1) is 8.69. The van der Waals surface area contributed by atoms with Crippen molar-refractivity contribution in [3.8, 4) is 0 Å². The molecular formula is C11H7FO2. The lowest BCUT2D eigenvalue weighted by Crippen LogP contribution is -1.95. The first-order valence-electron chi connectivity index (χ1n) is 4.10. The molecule has 2 aromatic carbocycles. The maximum Gasteiger partial charge on any atom is 0.335 e. The highest BCUT2D eigenvalue weighted by atomic mass is 19.1. The molecular weight excluding hydrogens is 183 g/mol. The van der Waals surface area contributed by atoms with Crippen molar-refractivity contribution in [2.45, 2.75) is 0 Å². The number of carbonyl (C=O) groups is 1. The minimum atomic E-state index is -1.05. The van der Waals surface area contributed by atoms with Crippen LogP contribution in [0.15, 0.2) is 36.4 Å². The lowest BCUT2D eigenvalue weighted by atomic mass is 10.1. The number of halogens is 1. The van der Waals surface area contributed by atoms with Gasteiger partial charge in [0.2, 0.25) is 0 Å². The Hall–Kier alpha value is -1.90. The molecule has 0 saturated carbocycles. The molecule has 0 unspecified atom stereocenters. The van der Waals surface area contributed by atoms with Crippen molar-refractivity contribution in [1.29, 1.82) is 0 Å². The third-order valence-corrected chi connectivity index (χ3v) is 2.08. The highest BCUT2D eigenvalue weighted by Crippen LogP contribution is 2.19. The summed E-state index contributed by atoms with van der Waals surface area (Å²) >= 11 is 0. The molecule has 2 aromatic rings. The standard InChI is InChI=1S/C11H7FO2/c12-10-3-1-2-7-4-5-8(11(13)14)6-9(7)10/h1-6H,(H,13,14). The van der Waals surface area contributed by atoms with E-state index in [1.54, 1.807) is 18.2 Å².